The minimum absolute atomic E-state index is 0.115. The summed E-state index contributed by atoms with van der Waals surface area (Å²) in [6.07, 6.45) is 2.09. The number of para-hydroxylation sites is 1. The van der Waals surface area contributed by atoms with Crippen LogP contribution >= 0.6 is 0 Å². The van der Waals surface area contributed by atoms with E-state index < -0.39 is 11.6 Å². The van der Waals surface area contributed by atoms with Crippen molar-refractivity contribution in [3.8, 4) is 5.75 Å². The highest BCUT2D eigenvalue weighted by Gasteiger charge is 2.51. The lowest BCUT2D eigenvalue weighted by atomic mass is 9.84. The summed E-state index contributed by atoms with van der Waals surface area (Å²) in [5, 5.41) is 2.87. The lowest BCUT2D eigenvalue weighted by molar-refractivity contribution is -0.132. The van der Waals surface area contributed by atoms with E-state index in [0.717, 1.165) is 18.4 Å². The molecule has 1 fully saturated rings. The minimum atomic E-state index is -1.16. The molecule has 0 bridgehead atoms. The Morgan fingerprint density at radius 1 is 1.11 bits per heavy atom. The van der Waals surface area contributed by atoms with Gasteiger partial charge < -0.3 is 10.1 Å². The number of rotatable bonds is 7. The first-order valence-corrected chi connectivity index (χ1v) is 9.04. The minimum Gasteiger partial charge on any atom is -0.496 e. The third-order valence-electron chi connectivity index (χ3n) is 4.94. The first-order chi connectivity index (χ1) is 13.0. The number of imide groups is 1. The molecule has 1 aliphatic rings. The van der Waals surface area contributed by atoms with Crippen LogP contribution in [-0.4, -0.2) is 23.9 Å². The van der Waals surface area contributed by atoms with Crippen LogP contribution in [0.15, 0.2) is 48.5 Å². The number of hydrogen-bond acceptors (Lipinski definition) is 3. The molecular formula is C21H23FN2O3. The van der Waals surface area contributed by atoms with Crippen molar-refractivity contribution in [3.63, 3.8) is 0 Å². The molecule has 1 atom stereocenters. The number of carbonyl (C=O) groups is 2. The highest BCUT2D eigenvalue weighted by molar-refractivity contribution is 6.07. The van der Waals surface area contributed by atoms with Gasteiger partial charge in [-0.25, -0.2) is 9.18 Å². The number of carbonyl (C=O) groups excluding carboxylic acids is 2. The van der Waals surface area contributed by atoms with Crippen LogP contribution in [0.2, 0.25) is 0 Å². The predicted molar refractivity (Wildman–Crippen MR) is 99.7 cm³/mol. The van der Waals surface area contributed by atoms with Gasteiger partial charge in [0, 0.05) is 5.56 Å². The van der Waals surface area contributed by atoms with Gasteiger partial charge in [-0.15, -0.1) is 0 Å². The quantitative estimate of drug-likeness (QED) is 0.750. The Balaban J connectivity index is 1.96. The van der Waals surface area contributed by atoms with Gasteiger partial charge in [0.15, 0.2) is 0 Å². The van der Waals surface area contributed by atoms with Gasteiger partial charge in [-0.2, -0.15) is 0 Å². The number of unbranched alkanes of at least 4 members (excludes halogenated alkanes) is 1. The summed E-state index contributed by atoms with van der Waals surface area (Å²) in [5.74, 6) is -0.0866. The van der Waals surface area contributed by atoms with E-state index in [2.05, 4.69) is 5.32 Å². The molecule has 6 heteroatoms. The molecule has 0 saturated carbocycles. The van der Waals surface area contributed by atoms with Crippen LogP contribution in [0.25, 0.3) is 0 Å². The van der Waals surface area contributed by atoms with Crippen molar-refractivity contribution in [1.29, 1.82) is 0 Å². The molecule has 1 N–H and O–H groups in total. The van der Waals surface area contributed by atoms with Crippen molar-refractivity contribution in [2.45, 2.75) is 38.3 Å². The van der Waals surface area contributed by atoms with Gasteiger partial charge in [0.1, 0.15) is 17.1 Å². The standard InChI is InChI=1S/C21H23FN2O3/c1-3-4-13-21(16-9-11-17(22)12-10-16)19(25)24(20(26)23-21)14-15-7-5-6-8-18(15)27-2/h5-12H,3-4,13-14H2,1-2H3,(H,23,26)/t21-/m0/s1. The number of hydrogen-bond donors (Lipinski definition) is 1. The topological polar surface area (TPSA) is 58.6 Å². The number of amides is 3. The Kier molecular flexibility index (Phi) is 5.44. The van der Waals surface area contributed by atoms with E-state index in [0.29, 0.717) is 17.7 Å². The zero-order valence-electron chi connectivity index (χ0n) is 15.5. The number of halogens is 1. The molecule has 1 heterocycles. The fraction of sp³-hybridized carbons (Fsp3) is 0.333. The molecule has 1 saturated heterocycles. The second-order valence-electron chi connectivity index (χ2n) is 6.65. The monoisotopic (exact) mass is 370 g/mol. The molecule has 5 nitrogen and oxygen atoms in total. The van der Waals surface area contributed by atoms with E-state index in [-0.39, 0.29) is 18.3 Å². The van der Waals surface area contributed by atoms with E-state index in [1.807, 2.05) is 25.1 Å². The van der Waals surface area contributed by atoms with Crippen LogP contribution in [0.3, 0.4) is 0 Å². The first kappa shape index (κ1) is 18.9. The van der Waals surface area contributed by atoms with Crippen LogP contribution in [0, 0.1) is 5.82 Å². The summed E-state index contributed by atoms with van der Waals surface area (Å²) in [6.45, 7) is 2.13. The van der Waals surface area contributed by atoms with Crippen LogP contribution in [-0.2, 0) is 16.9 Å². The number of urea groups is 1. The van der Waals surface area contributed by atoms with Crippen molar-refractivity contribution in [2.75, 3.05) is 7.11 Å². The molecule has 0 radical (unpaired) electrons. The molecule has 3 amide bonds. The molecular weight excluding hydrogens is 347 g/mol. The summed E-state index contributed by atoms with van der Waals surface area (Å²) in [5.41, 5.74) is 0.176. The average Bonchev–Trinajstić information content (AvgIpc) is 2.92. The Morgan fingerprint density at radius 3 is 2.48 bits per heavy atom. The lowest BCUT2D eigenvalue weighted by Gasteiger charge is -2.27. The van der Waals surface area contributed by atoms with E-state index in [1.54, 1.807) is 25.3 Å². The van der Waals surface area contributed by atoms with Gasteiger partial charge in [-0.05, 0) is 30.2 Å². The van der Waals surface area contributed by atoms with E-state index in [9.17, 15) is 14.0 Å². The fourth-order valence-corrected chi connectivity index (χ4v) is 3.46. The van der Waals surface area contributed by atoms with Crippen LogP contribution in [0.5, 0.6) is 5.75 Å². The van der Waals surface area contributed by atoms with E-state index in [1.165, 1.54) is 17.0 Å². The molecule has 0 unspecified atom stereocenters. The summed E-state index contributed by atoms with van der Waals surface area (Å²) in [6, 6.07) is 12.6. The van der Waals surface area contributed by atoms with Crippen molar-refractivity contribution in [1.82, 2.24) is 10.2 Å². The number of nitrogens with zero attached hydrogens (tertiary/aromatic N) is 1. The van der Waals surface area contributed by atoms with Gasteiger partial charge in [-0.1, -0.05) is 50.1 Å². The van der Waals surface area contributed by atoms with Gasteiger partial charge in [0.25, 0.3) is 5.91 Å². The summed E-state index contributed by atoms with van der Waals surface area (Å²) < 4.78 is 18.7. The first-order valence-electron chi connectivity index (χ1n) is 9.04. The van der Waals surface area contributed by atoms with Crippen LogP contribution in [0.4, 0.5) is 9.18 Å². The number of nitrogens with one attached hydrogen (secondary N) is 1. The Labute approximate surface area is 158 Å². The lowest BCUT2D eigenvalue weighted by Crippen LogP contribution is -2.44. The number of methoxy groups -OCH3 is 1. The second kappa shape index (κ2) is 7.78. The molecule has 3 rings (SSSR count). The van der Waals surface area contributed by atoms with E-state index in [4.69, 9.17) is 4.74 Å². The number of ether oxygens (including phenoxy) is 1. The normalized spacial score (nSPS) is 19.3. The van der Waals surface area contributed by atoms with Gasteiger partial charge in [0.2, 0.25) is 0 Å². The van der Waals surface area contributed by atoms with Gasteiger partial charge in [-0.3, -0.25) is 9.69 Å². The van der Waals surface area contributed by atoms with Crippen molar-refractivity contribution >= 4 is 11.9 Å². The highest BCUT2D eigenvalue weighted by Crippen LogP contribution is 2.35. The maximum Gasteiger partial charge on any atom is 0.325 e. The van der Waals surface area contributed by atoms with Crippen molar-refractivity contribution < 1.29 is 18.7 Å². The summed E-state index contributed by atoms with van der Waals surface area (Å²) in [7, 11) is 1.55. The zero-order valence-corrected chi connectivity index (χ0v) is 15.5. The molecule has 0 aliphatic carbocycles. The van der Waals surface area contributed by atoms with E-state index >= 15 is 0 Å². The van der Waals surface area contributed by atoms with Crippen LogP contribution in [0.1, 0.15) is 37.3 Å². The maximum absolute atomic E-state index is 13.4. The van der Waals surface area contributed by atoms with Crippen molar-refractivity contribution in [2.24, 2.45) is 0 Å². The molecule has 1 aliphatic heterocycles. The second-order valence-corrected chi connectivity index (χ2v) is 6.65. The summed E-state index contributed by atoms with van der Waals surface area (Å²) in [4.78, 5) is 27.2. The molecule has 0 spiro atoms. The number of benzene rings is 2. The maximum atomic E-state index is 13.4. The zero-order chi connectivity index (χ0) is 19.4. The Morgan fingerprint density at radius 2 is 1.81 bits per heavy atom. The van der Waals surface area contributed by atoms with Crippen LogP contribution < -0.4 is 10.1 Å². The highest BCUT2D eigenvalue weighted by atomic mass is 19.1. The molecule has 2 aromatic carbocycles. The molecule has 2 aromatic rings. The molecule has 0 aromatic heterocycles. The predicted octanol–water partition coefficient (Wildman–Crippen LogP) is 3.97. The molecule has 27 heavy (non-hydrogen) atoms. The fourth-order valence-electron chi connectivity index (χ4n) is 3.46. The molecule has 142 valence electrons. The van der Waals surface area contributed by atoms with Gasteiger partial charge in [0.05, 0.1) is 13.7 Å². The third-order valence-corrected chi connectivity index (χ3v) is 4.94. The largest absolute Gasteiger partial charge is 0.496 e. The summed E-state index contributed by atoms with van der Waals surface area (Å²) >= 11 is 0. The van der Waals surface area contributed by atoms with Gasteiger partial charge >= 0.3 is 6.03 Å². The third kappa shape index (κ3) is 3.52. The van der Waals surface area contributed by atoms with Crippen molar-refractivity contribution in [3.05, 3.63) is 65.5 Å². The SMILES string of the molecule is CCCC[C@@]1(c2ccc(F)cc2)NC(=O)N(Cc2ccccc2OC)C1=O. The average molecular weight is 370 g/mol. The smallest absolute Gasteiger partial charge is 0.325 e. The Bertz CT molecular complexity index is 838. The Hall–Kier alpha value is -2.89.